The Morgan fingerprint density at radius 3 is 2.67 bits per heavy atom. The smallest absolute Gasteiger partial charge is 0.258 e. The van der Waals surface area contributed by atoms with Crippen LogP contribution in [-0.2, 0) is 0 Å². The van der Waals surface area contributed by atoms with Gasteiger partial charge in [-0.05, 0) is 42.8 Å². The normalized spacial score (nSPS) is 10.2. The summed E-state index contributed by atoms with van der Waals surface area (Å²) in [7, 11) is 0. The molecule has 2 aromatic carbocycles. The lowest BCUT2D eigenvalue weighted by Gasteiger charge is -2.07. The Labute approximate surface area is 113 Å². The molecule has 0 fully saturated rings. The van der Waals surface area contributed by atoms with Gasteiger partial charge < -0.3 is 5.32 Å². The monoisotopic (exact) mass is 307 g/mol. The second-order valence-electron chi connectivity index (χ2n) is 3.95. The number of rotatable bonds is 2. The van der Waals surface area contributed by atoms with Crippen LogP contribution >= 0.6 is 15.9 Å². The first-order valence-corrected chi connectivity index (χ1v) is 6.18. The maximum Gasteiger partial charge on any atom is 0.258 e. The molecule has 1 amide bonds. The summed E-state index contributed by atoms with van der Waals surface area (Å²) in [6.07, 6.45) is 0. The minimum Gasteiger partial charge on any atom is -0.322 e. The molecule has 92 valence electrons. The van der Waals surface area contributed by atoms with E-state index in [9.17, 15) is 9.18 Å². The number of hydrogen-bond acceptors (Lipinski definition) is 1. The highest BCUT2D eigenvalue weighted by Gasteiger charge is 2.11. The first kappa shape index (κ1) is 12.8. The summed E-state index contributed by atoms with van der Waals surface area (Å²) in [6.45, 7) is 1.78. The minimum absolute atomic E-state index is 0.0422. The zero-order valence-electron chi connectivity index (χ0n) is 9.71. The second kappa shape index (κ2) is 5.31. The molecule has 0 aliphatic heterocycles. The Kier molecular flexibility index (Phi) is 3.77. The first-order valence-electron chi connectivity index (χ1n) is 5.39. The van der Waals surface area contributed by atoms with Gasteiger partial charge in [-0.2, -0.15) is 0 Å². The van der Waals surface area contributed by atoms with Gasteiger partial charge in [0.15, 0.2) is 0 Å². The van der Waals surface area contributed by atoms with Crippen molar-refractivity contribution in [1.82, 2.24) is 0 Å². The van der Waals surface area contributed by atoms with Crippen molar-refractivity contribution in [2.24, 2.45) is 0 Å². The van der Waals surface area contributed by atoms with Gasteiger partial charge in [-0.25, -0.2) is 4.39 Å². The van der Waals surface area contributed by atoms with E-state index in [4.69, 9.17) is 0 Å². The van der Waals surface area contributed by atoms with E-state index in [1.54, 1.807) is 31.2 Å². The van der Waals surface area contributed by atoms with Crippen LogP contribution in [0.25, 0.3) is 0 Å². The largest absolute Gasteiger partial charge is 0.322 e. The summed E-state index contributed by atoms with van der Waals surface area (Å²) in [5.74, 6) is -0.965. The molecule has 0 heterocycles. The van der Waals surface area contributed by atoms with E-state index in [0.717, 1.165) is 10.0 Å². The van der Waals surface area contributed by atoms with Crippen molar-refractivity contribution in [3.8, 4) is 0 Å². The highest BCUT2D eigenvalue weighted by atomic mass is 79.9. The number of benzene rings is 2. The Hall–Kier alpha value is -1.68. The first-order chi connectivity index (χ1) is 8.56. The minimum atomic E-state index is -0.512. The maximum atomic E-state index is 13.6. The van der Waals surface area contributed by atoms with Gasteiger partial charge >= 0.3 is 0 Å². The predicted octanol–water partition coefficient (Wildman–Crippen LogP) is 4.15. The highest BCUT2D eigenvalue weighted by molar-refractivity contribution is 9.10. The molecule has 0 saturated carbocycles. The van der Waals surface area contributed by atoms with E-state index in [1.165, 1.54) is 12.1 Å². The van der Waals surface area contributed by atoms with E-state index in [1.807, 2.05) is 6.07 Å². The van der Waals surface area contributed by atoms with Crippen molar-refractivity contribution in [2.45, 2.75) is 6.92 Å². The Morgan fingerprint density at radius 2 is 2.00 bits per heavy atom. The molecule has 0 saturated heterocycles. The van der Waals surface area contributed by atoms with Crippen molar-refractivity contribution in [3.63, 3.8) is 0 Å². The Bertz CT molecular complexity index is 598. The fourth-order valence-electron chi connectivity index (χ4n) is 1.57. The lowest BCUT2D eigenvalue weighted by Crippen LogP contribution is -2.13. The second-order valence-corrected chi connectivity index (χ2v) is 4.86. The number of carbonyl (C=O) groups is 1. The van der Waals surface area contributed by atoms with E-state index in [2.05, 4.69) is 21.2 Å². The fourth-order valence-corrected chi connectivity index (χ4v) is 1.97. The molecule has 0 spiro atoms. The van der Waals surface area contributed by atoms with Gasteiger partial charge in [0.05, 0.1) is 5.56 Å². The third-order valence-electron chi connectivity index (χ3n) is 2.45. The van der Waals surface area contributed by atoms with Crippen LogP contribution in [0.4, 0.5) is 10.1 Å². The van der Waals surface area contributed by atoms with Gasteiger partial charge in [0.25, 0.3) is 5.91 Å². The maximum absolute atomic E-state index is 13.6. The van der Waals surface area contributed by atoms with E-state index >= 15 is 0 Å². The van der Waals surface area contributed by atoms with Crippen LogP contribution in [-0.4, -0.2) is 5.91 Å². The van der Waals surface area contributed by atoms with E-state index < -0.39 is 11.7 Å². The molecule has 0 radical (unpaired) electrons. The number of aryl methyl sites for hydroxylation is 1. The van der Waals surface area contributed by atoms with Gasteiger partial charge in [0, 0.05) is 10.2 Å². The van der Waals surface area contributed by atoms with Gasteiger partial charge in [-0.15, -0.1) is 0 Å². The average molecular weight is 308 g/mol. The third-order valence-corrected chi connectivity index (χ3v) is 2.94. The molecule has 0 atom stereocenters. The van der Waals surface area contributed by atoms with Crippen LogP contribution in [0.5, 0.6) is 0 Å². The van der Waals surface area contributed by atoms with Crippen molar-refractivity contribution in [2.75, 3.05) is 5.32 Å². The standard InChI is InChI=1S/C14H11BrFNO/c1-9-5-6-12(13(16)7-9)14(18)17-11-4-2-3-10(15)8-11/h2-8H,1H3,(H,17,18). The summed E-state index contributed by atoms with van der Waals surface area (Å²) in [4.78, 5) is 11.9. The van der Waals surface area contributed by atoms with E-state index in [0.29, 0.717) is 5.69 Å². The molecular formula is C14H11BrFNO. The molecule has 18 heavy (non-hydrogen) atoms. The molecule has 0 bridgehead atoms. The Morgan fingerprint density at radius 1 is 1.22 bits per heavy atom. The topological polar surface area (TPSA) is 29.1 Å². The average Bonchev–Trinajstić information content (AvgIpc) is 2.28. The number of halogens is 2. The van der Waals surface area contributed by atoms with Crippen molar-refractivity contribution >= 4 is 27.5 Å². The third kappa shape index (κ3) is 2.96. The number of hydrogen-bond donors (Lipinski definition) is 1. The number of carbonyl (C=O) groups excluding carboxylic acids is 1. The van der Waals surface area contributed by atoms with Crippen molar-refractivity contribution in [1.29, 1.82) is 0 Å². The van der Waals surface area contributed by atoms with Gasteiger partial charge in [-0.1, -0.05) is 28.1 Å². The predicted molar refractivity (Wildman–Crippen MR) is 73.2 cm³/mol. The van der Waals surface area contributed by atoms with Crippen molar-refractivity contribution < 1.29 is 9.18 Å². The lowest BCUT2D eigenvalue weighted by atomic mass is 10.1. The molecule has 1 N–H and O–H groups in total. The molecule has 2 nitrogen and oxygen atoms in total. The molecular weight excluding hydrogens is 297 g/mol. The molecule has 2 rings (SSSR count). The van der Waals surface area contributed by atoms with Gasteiger partial charge in [-0.3, -0.25) is 4.79 Å². The van der Waals surface area contributed by atoms with Crippen LogP contribution in [0.3, 0.4) is 0 Å². The number of nitrogens with one attached hydrogen (secondary N) is 1. The van der Waals surface area contributed by atoms with E-state index in [-0.39, 0.29) is 5.56 Å². The van der Waals surface area contributed by atoms with Crippen LogP contribution in [0.15, 0.2) is 46.9 Å². The molecule has 0 unspecified atom stereocenters. The zero-order chi connectivity index (χ0) is 13.1. The molecule has 0 aliphatic rings. The summed E-state index contributed by atoms with van der Waals surface area (Å²) in [6, 6.07) is 11.7. The molecule has 0 aliphatic carbocycles. The lowest BCUT2D eigenvalue weighted by molar-refractivity contribution is 0.102. The molecule has 2 aromatic rings. The SMILES string of the molecule is Cc1ccc(C(=O)Nc2cccc(Br)c2)c(F)c1. The summed E-state index contributed by atoms with van der Waals surface area (Å²) in [5.41, 5.74) is 1.45. The number of amides is 1. The fraction of sp³-hybridized carbons (Fsp3) is 0.0714. The molecule has 4 heteroatoms. The van der Waals surface area contributed by atoms with Gasteiger partial charge in [0.1, 0.15) is 5.82 Å². The number of anilines is 1. The summed E-state index contributed by atoms with van der Waals surface area (Å²) >= 11 is 3.31. The highest BCUT2D eigenvalue weighted by Crippen LogP contribution is 2.17. The summed E-state index contributed by atoms with van der Waals surface area (Å²) < 4.78 is 14.5. The zero-order valence-corrected chi connectivity index (χ0v) is 11.3. The Balaban J connectivity index is 2.22. The van der Waals surface area contributed by atoms with Gasteiger partial charge in [0.2, 0.25) is 0 Å². The van der Waals surface area contributed by atoms with Crippen molar-refractivity contribution in [3.05, 3.63) is 63.9 Å². The van der Waals surface area contributed by atoms with Crippen LogP contribution < -0.4 is 5.32 Å². The van der Waals surface area contributed by atoms with Crippen LogP contribution in [0, 0.1) is 12.7 Å². The summed E-state index contributed by atoms with van der Waals surface area (Å²) in [5, 5.41) is 2.65. The van der Waals surface area contributed by atoms with Crippen LogP contribution in [0.1, 0.15) is 15.9 Å². The quantitative estimate of drug-likeness (QED) is 0.887. The molecule has 0 aromatic heterocycles. The van der Waals surface area contributed by atoms with Crippen LogP contribution in [0.2, 0.25) is 0 Å².